The van der Waals surface area contributed by atoms with Gasteiger partial charge in [0, 0.05) is 17.0 Å². The van der Waals surface area contributed by atoms with Crippen molar-refractivity contribution in [2.24, 2.45) is 0 Å². The second kappa shape index (κ2) is 8.79. The fourth-order valence-corrected chi connectivity index (χ4v) is 2.81. The summed E-state index contributed by atoms with van der Waals surface area (Å²) in [6, 6.07) is 4.66. The fourth-order valence-electron chi connectivity index (χ4n) is 2.06. The van der Waals surface area contributed by atoms with Gasteiger partial charge in [-0.15, -0.1) is 11.8 Å². The van der Waals surface area contributed by atoms with Crippen molar-refractivity contribution in [2.45, 2.75) is 37.8 Å². The molecule has 1 atom stereocenters. The average molecular weight is 383 g/mol. The van der Waals surface area contributed by atoms with Crippen molar-refractivity contribution in [3.8, 4) is 0 Å². The number of amides is 1. The van der Waals surface area contributed by atoms with Gasteiger partial charge in [-0.05, 0) is 39.0 Å². The molecule has 1 aromatic heterocycles. The molecule has 0 saturated carbocycles. The first-order valence-corrected chi connectivity index (χ1v) is 8.88. The van der Waals surface area contributed by atoms with E-state index < -0.39 is 29.6 Å². The maximum atomic E-state index is 13.5. The normalized spacial score (nSPS) is 12.1. The van der Waals surface area contributed by atoms with E-state index in [1.807, 2.05) is 13.8 Å². The molecule has 6 nitrogen and oxygen atoms in total. The zero-order valence-electron chi connectivity index (χ0n) is 14.5. The second-order valence-electron chi connectivity index (χ2n) is 5.74. The highest BCUT2D eigenvalue weighted by atomic mass is 32.2. The van der Waals surface area contributed by atoms with E-state index in [9.17, 15) is 18.4 Å². The van der Waals surface area contributed by atoms with Crippen LogP contribution in [-0.2, 0) is 14.3 Å². The maximum absolute atomic E-state index is 13.5. The number of hydrogen-bond donors (Lipinski definition) is 1. The number of nitrogens with zero attached hydrogens (tertiary/aromatic N) is 2. The summed E-state index contributed by atoms with van der Waals surface area (Å²) >= 11 is 0.799. The fraction of sp³-hybridized carbons (Fsp3) is 0.353. The number of anilines is 1. The number of carbonyl (C=O) groups excluding carboxylic acids is 2. The molecule has 0 saturated heterocycles. The molecule has 2 rings (SSSR count). The zero-order chi connectivity index (χ0) is 19.3. The number of benzene rings is 1. The van der Waals surface area contributed by atoms with Gasteiger partial charge in [0.2, 0.25) is 0 Å². The van der Waals surface area contributed by atoms with E-state index in [4.69, 9.17) is 4.74 Å². The van der Waals surface area contributed by atoms with E-state index >= 15 is 0 Å². The average Bonchev–Trinajstić information content (AvgIpc) is 3.04. The van der Waals surface area contributed by atoms with Gasteiger partial charge in [-0.3, -0.25) is 9.59 Å². The van der Waals surface area contributed by atoms with E-state index in [1.165, 1.54) is 6.92 Å². The minimum atomic E-state index is -1.05. The van der Waals surface area contributed by atoms with E-state index in [0.29, 0.717) is 5.82 Å². The lowest BCUT2D eigenvalue weighted by molar-refractivity contribution is -0.150. The predicted molar refractivity (Wildman–Crippen MR) is 93.9 cm³/mol. The monoisotopic (exact) mass is 383 g/mol. The Balaban J connectivity index is 1.87. The molecule has 1 heterocycles. The minimum absolute atomic E-state index is 0.000102. The van der Waals surface area contributed by atoms with E-state index in [0.717, 1.165) is 30.0 Å². The number of esters is 1. The van der Waals surface area contributed by atoms with Crippen LogP contribution in [0.3, 0.4) is 0 Å². The minimum Gasteiger partial charge on any atom is -0.452 e. The van der Waals surface area contributed by atoms with Crippen LogP contribution in [0, 0.1) is 11.6 Å². The molecule has 0 unspecified atom stereocenters. The number of ether oxygens (including phenoxy) is 1. The van der Waals surface area contributed by atoms with Gasteiger partial charge in [-0.25, -0.2) is 13.5 Å². The molecule has 0 aliphatic heterocycles. The highest BCUT2D eigenvalue weighted by molar-refractivity contribution is 8.00. The lowest BCUT2D eigenvalue weighted by Crippen LogP contribution is -2.31. The van der Waals surface area contributed by atoms with Crippen molar-refractivity contribution in [3.05, 3.63) is 42.1 Å². The number of rotatable bonds is 7. The van der Waals surface area contributed by atoms with Gasteiger partial charge in [0.1, 0.15) is 17.5 Å². The molecule has 1 N–H and O–H groups in total. The van der Waals surface area contributed by atoms with Crippen LogP contribution in [-0.4, -0.2) is 33.5 Å². The summed E-state index contributed by atoms with van der Waals surface area (Å²) in [6.45, 7) is 5.25. The van der Waals surface area contributed by atoms with E-state index in [-0.39, 0.29) is 16.7 Å². The summed E-state index contributed by atoms with van der Waals surface area (Å²) in [5, 5.41) is 6.73. The van der Waals surface area contributed by atoms with Crippen molar-refractivity contribution in [2.75, 3.05) is 11.1 Å². The zero-order valence-corrected chi connectivity index (χ0v) is 15.3. The van der Waals surface area contributed by atoms with Crippen molar-refractivity contribution in [1.82, 2.24) is 9.78 Å². The van der Waals surface area contributed by atoms with Crippen LogP contribution in [0.5, 0.6) is 0 Å². The highest BCUT2D eigenvalue weighted by Crippen LogP contribution is 2.23. The van der Waals surface area contributed by atoms with Crippen LogP contribution in [0.15, 0.2) is 35.4 Å². The summed E-state index contributed by atoms with van der Waals surface area (Å²) in [5.74, 6) is -2.21. The third-order valence-electron chi connectivity index (χ3n) is 3.33. The topological polar surface area (TPSA) is 73.2 Å². The van der Waals surface area contributed by atoms with Crippen LogP contribution in [0.4, 0.5) is 14.6 Å². The summed E-state index contributed by atoms with van der Waals surface area (Å²) in [4.78, 5) is 24.0. The van der Waals surface area contributed by atoms with E-state index in [2.05, 4.69) is 10.4 Å². The van der Waals surface area contributed by atoms with Crippen molar-refractivity contribution < 1.29 is 23.1 Å². The first-order valence-electron chi connectivity index (χ1n) is 7.89. The molecule has 1 amide bonds. The van der Waals surface area contributed by atoms with Gasteiger partial charge in [-0.1, -0.05) is 0 Å². The molecule has 140 valence electrons. The Kier molecular flexibility index (Phi) is 6.73. The molecule has 0 fully saturated rings. The Bertz CT molecular complexity index is 795. The quantitative estimate of drug-likeness (QED) is 0.586. The van der Waals surface area contributed by atoms with Crippen molar-refractivity contribution in [1.29, 1.82) is 0 Å². The second-order valence-corrected chi connectivity index (χ2v) is 6.76. The third-order valence-corrected chi connectivity index (χ3v) is 4.33. The molecule has 0 aliphatic carbocycles. The number of thioether (sulfide) groups is 1. The van der Waals surface area contributed by atoms with Crippen LogP contribution in [0.2, 0.25) is 0 Å². The maximum Gasteiger partial charge on any atom is 0.317 e. The van der Waals surface area contributed by atoms with Crippen molar-refractivity contribution in [3.63, 3.8) is 0 Å². The largest absolute Gasteiger partial charge is 0.452 e. The smallest absolute Gasteiger partial charge is 0.317 e. The van der Waals surface area contributed by atoms with Crippen molar-refractivity contribution >= 4 is 29.5 Å². The molecule has 1 aromatic carbocycles. The summed E-state index contributed by atoms with van der Waals surface area (Å²) < 4.78 is 33.3. The SMILES string of the molecule is CC(C)n1nccc1NC(=O)[C@H](C)OC(=O)CSc1cc(F)ccc1F. The van der Waals surface area contributed by atoms with Crippen LogP contribution in [0.25, 0.3) is 0 Å². The molecule has 2 aromatic rings. The standard InChI is InChI=1S/C17H19F2N3O3S/c1-10(2)22-15(6-7-20-22)21-17(24)11(3)25-16(23)9-26-14-8-12(18)4-5-13(14)19/h4-8,10-11H,9H2,1-3H3,(H,21,24)/t11-/m0/s1. The van der Waals surface area contributed by atoms with Gasteiger partial charge in [0.15, 0.2) is 6.10 Å². The number of carbonyl (C=O) groups is 2. The third kappa shape index (κ3) is 5.29. The van der Waals surface area contributed by atoms with E-state index in [1.54, 1.807) is 16.9 Å². The van der Waals surface area contributed by atoms with Crippen LogP contribution in [0.1, 0.15) is 26.8 Å². The Morgan fingerprint density at radius 1 is 1.27 bits per heavy atom. The Hall–Kier alpha value is -2.42. The Morgan fingerprint density at radius 2 is 2.00 bits per heavy atom. The number of halogens is 2. The molecular formula is C17H19F2N3O3S. The van der Waals surface area contributed by atoms with Gasteiger partial charge in [0.05, 0.1) is 11.9 Å². The first kappa shape index (κ1) is 19.9. The van der Waals surface area contributed by atoms with Gasteiger partial charge in [-0.2, -0.15) is 5.10 Å². The Morgan fingerprint density at radius 3 is 2.69 bits per heavy atom. The van der Waals surface area contributed by atoms with Gasteiger partial charge < -0.3 is 10.1 Å². The van der Waals surface area contributed by atoms with Crippen LogP contribution < -0.4 is 5.32 Å². The molecule has 9 heteroatoms. The summed E-state index contributed by atoms with van der Waals surface area (Å²) in [7, 11) is 0. The summed E-state index contributed by atoms with van der Waals surface area (Å²) in [5.41, 5.74) is 0. The molecule has 0 bridgehead atoms. The predicted octanol–water partition coefficient (Wildman–Crippen LogP) is 3.40. The molecule has 0 radical (unpaired) electrons. The molecule has 0 spiro atoms. The first-order chi connectivity index (χ1) is 12.3. The lowest BCUT2D eigenvalue weighted by atomic mass is 10.3. The number of aromatic nitrogens is 2. The summed E-state index contributed by atoms with van der Waals surface area (Å²) in [6.07, 6.45) is 0.507. The molecule has 26 heavy (non-hydrogen) atoms. The van der Waals surface area contributed by atoms with Gasteiger partial charge >= 0.3 is 5.97 Å². The molecular weight excluding hydrogens is 364 g/mol. The number of hydrogen-bond acceptors (Lipinski definition) is 5. The van der Waals surface area contributed by atoms with Gasteiger partial charge in [0.25, 0.3) is 5.91 Å². The molecule has 0 aliphatic rings. The van der Waals surface area contributed by atoms with Crippen LogP contribution >= 0.6 is 11.8 Å². The Labute approximate surface area is 153 Å². The highest BCUT2D eigenvalue weighted by Gasteiger charge is 2.20. The lowest BCUT2D eigenvalue weighted by Gasteiger charge is -2.15. The number of nitrogens with one attached hydrogen (secondary N) is 1.